The van der Waals surface area contributed by atoms with Crippen LogP contribution in [0.5, 0.6) is 5.75 Å². The molecule has 0 radical (unpaired) electrons. The van der Waals surface area contributed by atoms with Gasteiger partial charge in [0.15, 0.2) is 17.9 Å². The highest BCUT2D eigenvalue weighted by molar-refractivity contribution is 7.98. The van der Waals surface area contributed by atoms with Crippen molar-refractivity contribution in [1.29, 1.82) is 16.2 Å². The summed E-state index contributed by atoms with van der Waals surface area (Å²) in [7, 11) is 1.38. The molecule has 0 bridgehead atoms. The summed E-state index contributed by atoms with van der Waals surface area (Å²) in [6, 6.07) is -6.06. The molecule has 3 aromatic carbocycles. The van der Waals surface area contributed by atoms with E-state index in [0.29, 0.717) is 16.7 Å². The number of guanidine groups is 3. The lowest BCUT2D eigenvalue weighted by Gasteiger charge is -2.29. The number of nitrogens with two attached hydrogens (primary N) is 5. The molecule has 13 unspecified atom stereocenters. The SMILES string of the molecule is COc1ccc2c(CC(=O)NC(CO)C(=O)NC(CCC(=O)O)C(=O)NC(C(=O)NC(CCCCN)C(=O)NC(CCSC)C(=O)NC(CC(=O)O)C(=O)NC(C)C(=O)NC(CCC(=O)O)C(=O)NC(Cc3ccccc3)C(=O)NC(CCCNC(=N)N)C(=O)NC(CCCCNc3ccc([N+](=O)[O-])cc3[N+](=O)[O-])C(=O)NC(CCCNC(=N)N)C(=O)NC(CCCNC(=N)N)C(N)=O)C(C)C)cc(=O)oc2c1.O=C(O)C(F)(F)F. The summed E-state index contributed by atoms with van der Waals surface area (Å²) in [5.74, 6) is -24.7. The normalized spacial score (nSPS) is 13.6. The van der Waals surface area contributed by atoms with Crippen LogP contribution in [0.4, 0.5) is 30.2 Å². The standard InChI is InChI=1S/C87H129N27O28S.C2HF3O2/c1-45(2)71(112-80(132)59(28-30-68(119)120)107-83(135)63(44-115)101-66(116)39-48-40-70(123)142-65-42-50(141-4)24-25-51(48)65)84(136)109-55(18-9-11-32-88)76(128)108-60(31-37-143-5)79(131)111-62(43-69(121)122)81(133)100-46(3)73(125)103-58(27-29-67(117)118)78(130)110-61(38-47-16-7-6-8-17-47)82(134)106-57(22-15-36-99-87(94)95)77(129)104-54(19-10-12-33-96-52-26-23-49(113(137)138)41-64(52)114(139)140)75(127)105-56(21-14-35-98-86(92)93)74(126)102-53(72(89)124)20-13-34-97-85(90)91;3-2(4,5)1(6)7/h6-8,16-17,23-26,40-42,45-46,53-63,71,96,115H,9-15,18-22,27-39,43-44,88H2,1-5H3,(H2,89,124)(H,100,133)(H,101,116)(H,102,126)(H,103,125)(H,104,129)(H,105,127)(H,106,134)(H,107,135)(H,108,128)(H,109,136)(H,110,130)(H,111,131)(H,112,132)(H,117,118)(H,119,120)(H,121,122)(H4,90,91,97)(H4,92,93,98)(H4,94,95,99);(H,6,7). The first-order chi connectivity index (χ1) is 70.6. The number of nitro benzene ring substituents is 2. The number of aliphatic carboxylic acids is 4. The predicted molar refractivity (Wildman–Crippen MR) is 530 cm³/mol. The van der Waals surface area contributed by atoms with Gasteiger partial charge in [0.05, 0.1) is 42.5 Å². The fraction of sp³-hybridized carbons (Fsp3) is 0.528. The number of nitro groups is 2. The molecule has 1 heterocycles. The molecule has 0 spiro atoms. The van der Waals surface area contributed by atoms with Crippen molar-refractivity contribution in [3.05, 3.63) is 115 Å². The fourth-order valence-electron chi connectivity index (χ4n) is 14.1. The van der Waals surface area contributed by atoms with E-state index in [1.54, 1.807) is 24.5 Å². The van der Waals surface area contributed by atoms with Gasteiger partial charge in [-0.3, -0.25) is 118 Å². The molecule has 61 heteroatoms. The number of amides is 14. The highest BCUT2D eigenvalue weighted by Crippen LogP contribution is 2.30. The number of carbonyl (C=O) groups is 18. The van der Waals surface area contributed by atoms with Crippen molar-refractivity contribution >= 4 is 164 Å². The van der Waals surface area contributed by atoms with Crippen LogP contribution in [-0.2, 0) is 99.1 Å². The van der Waals surface area contributed by atoms with Crippen LogP contribution in [0, 0.1) is 42.4 Å². The number of carboxylic acid groups (broad SMARTS) is 4. The van der Waals surface area contributed by atoms with E-state index in [0.717, 1.165) is 31.2 Å². The van der Waals surface area contributed by atoms with Gasteiger partial charge in [0.2, 0.25) is 82.7 Å². The molecule has 35 N–H and O–H groups in total. The van der Waals surface area contributed by atoms with Crippen LogP contribution in [0.3, 0.4) is 0 Å². The van der Waals surface area contributed by atoms with Gasteiger partial charge in [-0.25, -0.2) is 9.59 Å². The largest absolute Gasteiger partial charge is 0.497 e. The molecule has 0 aliphatic heterocycles. The first-order valence-electron chi connectivity index (χ1n) is 46.7. The summed E-state index contributed by atoms with van der Waals surface area (Å²) in [5, 5.41) is 136. The second kappa shape index (κ2) is 66.0. The zero-order valence-electron chi connectivity index (χ0n) is 82.4. The maximum Gasteiger partial charge on any atom is 0.490 e. The van der Waals surface area contributed by atoms with Crippen molar-refractivity contribution in [2.75, 3.05) is 63.8 Å². The Kier molecular flexibility index (Phi) is 56.2. The predicted octanol–water partition coefficient (Wildman–Crippen LogP) is -4.35. The lowest BCUT2D eigenvalue weighted by Crippen LogP contribution is -2.61. The summed E-state index contributed by atoms with van der Waals surface area (Å²) in [5.41, 5.74) is 26.3. The minimum Gasteiger partial charge on any atom is -0.497 e. The number of non-ortho nitro benzene ring substituents is 1. The van der Waals surface area contributed by atoms with E-state index in [1.165, 1.54) is 63.1 Å². The van der Waals surface area contributed by atoms with E-state index in [1.807, 2.05) is 0 Å². The number of thioether (sulfide) groups is 1. The quantitative estimate of drug-likeness (QED) is 0.00496. The van der Waals surface area contributed by atoms with Gasteiger partial charge in [-0.2, -0.15) is 24.9 Å². The maximum atomic E-state index is 15.1. The van der Waals surface area contributed by atoms with Crippen LogP contribution >= 0.6 is 11.8 Å². The number of hydrogen-bond donors (Lipinski definition) is 30. The zero-order chi connectivity index (χ0) is 113. The molecule has 1 aromatic heterocycles. The summed E-state index contributed by atoms with van der Waals surface area (Å²) in [6.45, 7) is 2.87. The second-order valence-electron chi connectivity index (χ2n) is 34.0. The van der Waals surface area contributed by atoms with E-state index in [-0.39, 0.29) is 145 Å². The molecule has 0 aliphatic rings. The molecule has 4 aromatic rings. The van der Waals surface area contributed by atoms with Gasteiger partial charge in [0.25, 0.3) is 11.4 Å². The number of aliphatic hydroxyl groups excluding tert-OH is 1. The second-order valence-corrected chi connectivity index (χ2v) is 35.0. The zero-order valence-corrected chi connectivity index (χ0v) is 83.2. The van der Waals surface area contributed by atoms with Crippen LogP contribution in [0.2, 0.25) is 0 Å². The van der Waals surface area contributed by atoms with Crippen molar-refractivity contribution < 1.29 is 144 Å². The number of carbonyl (C=O) groups excluding carboxylic acids is 14. The Bertz CT molecular complexity index is 5440. The number of halogens is 3. The van der Waals surface area contributed by atoms with Crippen LogP contribution in [-0.4, -0.2) is 303 Å². The van der Waals surface area contributed by atoms with E-state index in [2.05, 4.69) is 90.4 Å². The Labute approximate surface area is 858 Å². The third-order valence-corrected chi connectivity index (χ3v) is 22.6. The molecule has 150 heavy (non-hydrogen) atoms. The van der Waals surface area contributed by atoms with Crippen LogP contribution in [0.25, 0.3) is 11.0 Å². The average Bonchev–Trinajstić information content (AvgIpc) is 0.799. The van der Waals surface area contributed by atoms with Crippen LogP contribution in [0.1, 0.15) is 147 Å². The van der Waals surface area contributed by atoms with E-state index < -0.39 is 288 Å². The summed E-state index contributed by atoms with van der Waals surface area (Å²) in [6.07, 6.45) is -9.42. The van der Waals surface area contributed by atoms with Gasteiger partial charge < -0.3 is 154 Å². The van der Waals surface area contributed by atoms with Crippen LogP contribution < -0.4 is 129 Å². The molecule has 0 saturated heterocycles. The Hall–Kier alpha value is -16.4. The van der Waals surface area contributed by atoms with Gasteiger partial charge in [0, 0.05) is 69.0 Å². The average molecular weight is 2150 g/mol. The highest BCUT2D eigenvalue weighted by Gasteiger charge is 2.41. The number of alkyl halides is 3. The molecule has 0 fully saturated rings. The number of nitrogens with zero attached hydrogens (tertiary/aromatic N) is 2. The molecule has 0 aliphatic carbocycles. The molecular formula is C89H130F3N27O30S. The third-order valence-electron chi connectivity index (χ3n) is 21.9. The molecule has 14 amide bonds. The third kappa shape index (κ3) is 48.3. The molecule has 13 atom stereocenters. The van der Waals surface area contributed by atoms with Crippen molar-refractivity contribution in [3.8, 4) is 5.75 Å². The smallest absolute Gasteiger partial charge is 0.490 e. The van der Waals surface area contributed by atoms with Gasteiger partial charge in [-0.05, 0) is 157 Å². The number of ether oxygens (including phenoxy) is 1. The number of nitrogens with one attached hydrogen (secondary N) is 20. The molecule has 0 saturated carbocycles. The Morgan fingerprint density at radius 2 is 0.893 bits per heavy atom. The molecule has 828 valence electrons. The fourth-order valence-corrected chi connectivity index (χ4v) is 14.6. The van der Waals surface area contributed by atoms with Crippen molar-refractivity contribution in [2.45, 2.75) is 234 Å². The molecule has 57 nitrogen and oxygen atoms in total. The summed E-state index contributed by atoms with van der Waals surface area (Å²) < 4.78 is 42.2. The minimum atomic E-state index is -5.08. The number of anilines is 1. The molecule has 4 rings (SSSR count). The number of methoxy groups -OCH3 is 1. The maximum absolute atomic E-state index is 15.1. The number of benzene rings is 3. The number of aliphatic hydroxyl groups is 1. The van der Waals surface area contributed by atoms with Gasteiger partial charge in [-0.15, -0.1) is 0 Å². The Morgan fingerprint density at radius 3 is 1.33 bits per heavy atom. The summed E-state index contributed by atoms with van der Waals surface area (Å²) in [4.78, 5) is 280. The Morgan fingerprint density at radius 1 is 0.473 bits per heavy atom. The number of rotatable bonds is 68. The van der Waals surface area contributed by atoms with Crippen LogP contribution in [0.15, 0.2) is 82.0 Å². The lowest BCUT2D eigenvalue weighted by molar-refractivity contribution is -0.393. The number of primary amides is 1. The number of carboxylic acids is 4. The highest BCUT2D eigenvalue weighted by atomic mass is 32.2. The van der Waals surface area contributed by atoms with E-state index in [4.69, 9.17) is 64.0 Å². The topological polar surface area (TPSA) is 940 Å². The lowest BCUT2D eigenvalue weighted by atomic mass is 10.0. The van der Waals surface area contributed by atoms with Crippen molar-refractivity contribution in [2.24, 2.45) is 34.6 Å². The Balaban J connectivity index is 0.00000794. The number of unbranched alkanes of at least 4 members (excludes halogenated alkanes) is 2. The summed E-state index contributed by atoms with van der Waals surface area (Å²) >= 11 is 1.18. The number of hydrogen-bond acceptors (Lipinski definition) is 32. The molecular weight excluding hydrogens is 2020 g/mol. The van der Waals surface area contributed by atoms with Gasteiger partial charge in [0.1, 0.15) is 95.6 Å². The first-order valence-corrected chi connectivity index (χ1v) is 48.1. The first kappa shape index (κ1) is 128. The number of fused-ring (bicyclic) bond motifs is 1. The van der Waals surface area contributed by atoms with Crippen molar-refractivity contribution in [1.82, 2.24) is 85.1 Å². The minimum absolute atomic E-state index is 0.0205. The van der Waals surface area contributed by atoms with Gasteiger partial charge in [-0.1, -0.05) is 44.2 Å². The van der Waals surface area contributed by atoms with E-state index >= 15 is 9.59 Å². The van der Waals surface area contributed by atoms with Gasteiger partial charge >= 0.3 is 35.7 Å². The monoisotopic (exact) mass is 2150 g/mol. The van der Waals surface area contributed by atoms with Crippen molar-refractivity contribution in [3.63, 3.8) is 0 Å². The van der Waals surface area contributed by atoms with E-state index in [9.17, 15) is 131 Å².